The number of carbonyl (C=O) groups excluding carboxylic acids is 1. The van der Waals surface area contributed by atoms with E-state index < -0.39 is 15.7 Å². The third kappa shape index (κ3) is 8.06. The minimum Gasteiger partial charge on any atom is -0.451 e. The van der Waals surface area contributed by atoms with E-state index >= 15 is 0 Å². The van der Waals surface area contributed by atoms with Crippen molar-refractivity contribution in [2.75, 3.05) is 57.0 Å². The Bertz CT molecular complexity index is 1510. The number of carbonyl (C=O) groups is 1. The van der Waals surface area contributed by atoms with E-state index in [0.717, 1.165) is 58.4 Å². The van der Waals surface area contributed by atoms with Gasteiger partial charge < -0.3 is 24.2 Å². The van der Waals surface area contributed by atoms with Crippen molar-refractivity contribution < 1.29 is 22.9 Å². The van der Waals surface area contributed by atoms with E-state index in [1.54, 1.807) is 18.1 Å². The van der Waals surface area contributed by atoms with Crippen LogP contribution in [0.2, 0.25) is 0 Å². The zero-order valence-corrected chi connectivity index (χ0v) is 29.8. The van der Waals surface area contributed by atoms with Crippen LogP contribution in [0.5, 0.6) is 11.5 Å². The van der Waals surface area contributed by atoms with E-state index in [-0.39, 0.29) is 46.4 Å². The summed E-state index contributed by atoms with van der Waals surface area (Å²) < 4.78 is 47.0. The highest BCUT2D eigenvalue weighted by Crippen LogP contribution is 2.45. The number of hydrogen-bond acceptors (Lipinski definition) is 9. The van der Waals surface area contributed by atoms with Crippen LogP contribution in [0.3, 0.4) is 0 Å². The number of piperidine rings is 1. The molecule has 1 unspecified atom stereocenters. The van der Waals surface area contributed by atoms with Crippen LogP contribution >= 0.6 is 0 Å². The number of nitrogens with zero attached hydrogens (tertiary/aromatic N) is 6. The smallest absolute Gasteiger partial charge is 0.258 e. The molecule has 3 aliphatic heterocycles. The molecule has 0 aliphatic carbocycles. The molecule has 1 aromatic heterocycles. The molecule has 0 bridgehead atoms. The summed E-state index contributed by atoms with van der Waals surface area (Å²) in [6.45, 7) is 17.0. The quantitative estimate of drug-likeness (QED) is 0.350. The topological polar surface area (TPSA) is 112 Å². The maximum Gasteiger partial charge on any atom is 0.258 e. The molecule has 2 aromatic rings. The van der Waals surface area contributed by atoms with Gasteiger partial charge in [-0.3, -0.25) is 4.79 Å². The molecule has 47 heavy (non-hydrogen) atoms. The molecule has 5 rings (SSSR count). The lowest BCUT2D eigenvalue weighted by atomic mass is 9.71. The monoisotopic (exact) mass is 673 g/mol. The highest BCUT2D eigenvalue weighted by Gasteiger charge is 2.47. The first-order valence-electron chi connectivity index (χ1n) is 16.9. The Hall–Kier alpha value is -2.87. The predicted molar refractivity (Wildman–Crippen MR) is 183 cm³/mol. The van der Waals surface area contributed by atoms with Gasteiger partial charge in [-0.1, -0.05) is 6.92 Å². The molecule has 11 nitrogen and oxygen atoms in total. The number of aromatic nitrogens is 2. The second kappa shape index (κ2) is 14.3. The molecule has 4 heterocycles. The third-order valence-corrected chi connectivity index (χ3v) is 12.0. The Labute approximate surface area is 279 Å². The lowest BCUT2D eigenvalue weighted by molar-refractivity contribution is -0.0978. The van der Waals surface area contributed by atoms with Crippen molar-refractivity contribution in [3.05, 3.63) is 42.1 Å². The van der Waals surface area contributed by atoms with Gasteiger partial charge in [0.1, 0.15) is 27.8 Å². The molecule has 3 fully saturated rings. The van der Waals surface area contributed by atoms with Crippen molar-refractivity contribution in [3.8, 4) is 11.5 Å². The van der Waals surface area contributed by atoms with E-state index in [4.69, 9.17) is 9.47 Å². The van der Waals surface area contributed by atoms with Crippen molar-refractivity contribution in [2.24, 2.45) is 9.78 Å². The lowest BCUT2D eigenvalue weighted by Crippen LogP contribution is -2.62. The van der Waals surface area contributed by atoms with Crippen LogP contribution in [-0.4, -0.2) is 106 Å². The molecule has 13 heteroatoms. The molecule has 1 spiro atoms. The second-order valence-electron chi connectivity index (χ2n) is 14.2. The summed E-state index contributed by atoms with van der Waals surface area (Å²) in [6, 6.07) is 3.99. The largest absolute Gasteiger partial charge is 0.451 e. The van der Waals surface area contributed by atoms with Gasteiger partial charge >= 0.3 is 0 Å². The van der Waals surface area contributed by atoms with Crippen LogP contribution in [0, 0.1) is 11.2 Å². The minimum atomic E-state index is -2.36. The average molecular weight is 674 g/mol. The van der Waals surface area contributed by atoms with Gasteiger partial charge in [0.2, 0.25) is 0 Å². The van der Waals surface area contributed by atoms with E-state index in [1.807, 2.05) is 34.6 Å². The summed E-state index contributed by atoms with van der Waals surface area (Å²) >= 11 is 0. The summed E-state index contributed by atoms with van der Waals surface area (Å²) in [4.78, 5) is 28.8. The third-order valence-electron chi connectivity index (χ3n) is 9.92. The van der Waals surface area contributed by atoms with Crippen molar-refractivity contribution in [1.82, 2.24) is 24.5 Å². The Balaban J connectivity index is 1.18. The fourth-order valence-electron chi connectivity index (χ4n) is 7.27. The van der Waals surface area contributed by atoms with Gasteiger partial charge in [0.15, 0.2) is 11.6 Å². The molecule has 3 saturated heterocycles. The second-order valence-corrected chi connectivity index (χ2v) is 16.7. The number of halogens is 1. The number of hydrogen-bond donors (Lipinski definition) is 1. The highest BCUT2D eigenvalue weighted by atomic mass is 32.2. The first-order valence-corrected chi connectivity index (χ1v) is 18.6. The van der Waals surface area contributed by atoms with Crippen LogP contribution in [0.15, 0.2) is 35.1 Å². The summed E-state index contributed by atoms with van der Waals surface area (Å²) in [5, 5.41) is 0. The molecule has 3 atom stereocenters. The summed E-state index contributed by atoms with van der Waals surface area (Å²) in [5.41, 5.74) is 0.159. The Morgan fingerprint density at radius 3 is 2.49 bits per heavy atom. The first kappa shape index (κ1) is 35.4. The van der Waals surface area contributed by atoms with Crippen LogP contribution in [0.1, 0.15) is 77.6 Å². The molecular weight excluding hydrogens is 621 g/mol. The molecule has 0 saturated carbocycles. The van der Waals surface area contributed by atoms with Gasteiger partial charge in [-0.2, -0.15) is 0 Å². The molecule has 0 radical (unpaired) electrons. The maximum atomic E-state index is 14.4. The standard InChI is InChI=1S/C34H52FN7O4S/c1-8-47(44,36-7)39-27-11-12-33(6,45-19-27)20-40-15-13-34(14-16-40)21-41(22-34)31-30(18-37-23-38-31)46-29-10-9-26(35)17-28(29)32(43)42(24(2)3)25(4)5/h9-10,17-18,23-25,27H,8,11-16,19-22H2,1-7H3,(H,36,39,44)/t27-,33+,47?/m1/s1. The summed E-state index contributed by atoms with van der Waals surface area (Å²) in [6.07, 6.45) is 7.11. The predicted octanol–water partition coefficient (Wildman–Crippen LogP) is 5.13. The van der Waals surface area contributed by atoms with Crippen LogP contribution in [-0.2, 0) is 14.7 Å². The normalized spacial score (nSPS) is 24.2. The molecule has 1 amide bonds. The molecular formula is C34H52FN7O4S. The van der Waals surface area contributed by atoms with E-state index in [9.17, 15) is 13.4 Å². The molecule has 3 aliphatic rings. The van der Waals surface area contributed by atoms with Gasteiger partial charge in [0, 0.05) is 56.0 Å². The van der Waals surface area contributed by atoms with Crippen LogP contribution in [0.25, 0.3) is 0 Å². The van der Waals surface area contributed by atoms with E-state index in [2.05, 4.69) is 35.8 Å². The van der Waals surface area contributed by atoms with Crippen LogP contribution in [0.4, 0.5) is 10.2 Å². The number of benzene rings is 1. The SMILES string of the molecule is CCS(=O)(=NC)N[C@@H]1CC[C@@](C)(CN2CCC3(CC2)CN(c2ncncc2Oc2ccc(F)cc2C(=O)N(C(C)C)C(C)C)C3)OC1. The average Bonchev–Trinajstić information content (AvgIpc) is 3.02. The van der Waals surface area contributed by atoms with E-state index in [0.29, 0.717) is 23.9 Å². The number of amides is 1. The summed E-state index contributed by atoms with van der Waals surface area (Å²) in [5.74, 6) is 1.11. The van der Waals surface area contributed by atoms with Crippen molar-refractivity contribution in [3.63, 3.8) is 0 Å². The Morgan fingerprint density at radius 1 is 1.19 bits per heavy atom. The number of ether oxygens (including phenoxy) is 2. The zero-order chi connectivity index (χ0) is 34.0. The van der Waals surface area contributed by atoms with Crippen LogP contribution < -0.4 is 14.4 Å². The van der Waals surface area contributed by atoms with E-state index in [1.165, 1.54) is 24.5 Å². The highest BCUT2D eigenvalue weighted by molar-refractivity contribution is 7.91. The minimum absolute atomic E-state index is 0.0603. The fourth-order valence-corrected chi connectivity index (χ4v) is 8.51. The van der Waals surface area contributed by atoms with Crippen molar-refractivity contribution in [1.29, 1.82) is 0 Å². The van der Waals surface area contributed by atoms with Crippen molar-refractivity contribution in [2.45, 2.75) is 91.0 Å². The van der Waals surface area contributed by atoms with Gasteiger partial charge in [-0.15, -0.1) is 0 Å². The van der Waals surface area contributed by atoms with Gasteiger partial charge in [0.25, 0.3) is 5.91 Å². The van der Waals surface area contributed by atoms with Gasteiger partial charge in [-0.25, -0.2) is 27.7 Å². The Morgan fingerprint density at radius 2 is 1.89 bits per heavy atom. The van der Waals surface area contributed by atoms with Gasteiger partial charge in [0.05, 0.1) is 24.0 Å². The number of nitrogens with one attached hydrogen (secondary N) is 1. The van der Waals surface area contributed by atoms with Crippen molar-refractivity contribution >= 4 is 21.6 Å². The first-order chi connectivity index (χ1) is 22.3. The fraction of sp³-hybridized carbons (Fsp3) is 0.676. The molecule has 260 valence electrons. The number of rotatable bonds is 11. The molecule has 1 N–H and O–H groups in total. The molecule has 1 aromatic carbocycles. The number of likely N-dealkylation sites (tertiary alicyclic amines) is 1. The number of anilines is 1. The lowest BCUT2D eigenvalue weighted by Gasteiger charge is -2.55. The maximum absolute atomic E-state index is 14.4. The summed E-state index contributed by atoms with van der Waals surface area (Å²) in [7, 11) is -0.752. The Kier molecular flexibility index (Phi) is 10.8. The van der Waals surface area contributed by atoms with Gasteiger partial charge in [-0.05, 0) is 91.6 Å². The zero-order valence-electron chi connectivity index (χ0n) is 29.0.